The van der Waals surface area contributed by atoms with Gasteiger partial charge in [0.05, 0.1) is 11.5 Å². The van der Waals surface area contributed by atoms with Crippen molar-refractivity contribution < 1.29 is 14.6 Å². The normalized spacial score (nSPS) is 13.8. The molecule has 1 unspecified atom stereocenters. The van der Waals surface area contributed by atoms with Gasteiger partial charge >= 0.3 is 5.97 Å². The number of hydrogen-bond donors (Lipinski definition) is 2. The fraction of sp³-hybridized carbons (Fsp3) is 0.588. The Kier molecular flexibility index (Phi) is 5.93. The fourth-order valence-corrected chi connectivity index (χ4v) is 1.58. The van der Waals surface area contributed by atoms with Gasteiger partial charge in [-0.2, -0.15) is 0 Å². The molecule has 2 N–H and O–H groups in total. The molecule has 1 atom stereocenters. The van der Waals surface area contributed by atoms with Gasteiger partial charge in [0.15, 0.2) is 0 Å². The molecule has 0 aliphatic rings. The van der Waals surface area contributed by atoms with Gasteiger partial charge in [-0.05, 0) is 33.3 Å². The average Bonchev–Trinajstić information content (AvgIpc) is 2.42. The van der Waals surface area contributed by atoms with Crippen LogP contribution in [0.4, 0.5) is 0 Å². The van der Waals surface area contributed by atoms with Crippen molar-refractivity contribution in [2.45, 2.75) is 52.4 Å². The molecule has 0 radical (unpaired) electrons. The van der Waals surface area contributed by atoms with E-state index < -0.39 is 11.1 Å². The third-order valence-electron chi connectivity index (χ3n) is 4.01. The molecular weight excluding hydrogens is 266 g/mol. The van der Waals surface area contributed by atoms with Crippen molar-refractivity contribution in [1.82, 2.24) is 5.32 Å². The van der Waals surface area contributed by atoms with Gasteiger partial charge in [-0.1, -0.05) is 37.3 Å². The summed E-state index contributed by atoms with van der Waals surface area (Å²) in [7, 11) is 0. The van der Waals surface area contributed by atoms with Crippen LogP contribution in [0.1, 0.15) is 40.2 Å². The highest BCUT2D eigenvalue weighted by Gasteiger charge is 2.35. The van der Waals surface area contributed by atoms with E-state index in [9.17, 15) is 9.90 Å². The van der Waals surface area contributed by atoms with Crippen LogP contribution in [0.15, 0.2) is 30.3 Å². The van der Waals surface area contributed by atoms with E-state index in [-0.39, 0.29) is 11.9 Å². The van der Waals surface area contributed by atoms with E-state index in [0.717, 1.165) is 5.56 Å². The standard InChI is InChI=1S/C17H27NO3/c1-13(11-18-16(2,3)17(4,5)20)15(19)21-12-14-9-7-6-8-10-14/h6-10,13,18,20H,11-12H2,1-5H3. The molecule has 0 amide bonds. The van der Waals surface area contributed by atoms with Crippen molar-refractivity contribution in [1.29, 1.82) is 0 Å². The number of carbonyl (C=O) groups excluding carboxylic acids is 1. The Morgan fingerprint density at radius 2 is 1.81 bits per heavy atom. The number of esters is 1. The van der Waals surface area contributed by atoms with E-state index in [4.69, 9.17) is 4.74 Å². The maximum Gasteiger partial charge on any atom is 0.310 e. The first-order chi connectivity index (χ1) is 9.63. The van der Waals surface area contributed by atoms with Crippen molar-refractivity contribution in [2.75, 3.05) is 6.54 Å². The Morgan fingerprint density at radius 1 is 1.24 bits per heavy atom. The average molecular weight is 293 g/mol. The third kappa shape index (κ3) is 5.48. The molecule has 0 fully saturated rings. The van der Waals surface area contributed by atoms with Crippen molar-refractivity contribution in [2.24, 2.45) is 5.92 Å². The van der Waals surface area contributed by atoms with Crippen LogP contribution in [0.3, 0.4) is 0 Å². The molecule has 118 valence electrons. The summed E-state index contributed by atoms with van der Waals surface area (Å²) in [5.41, 5.74) is -0.385. The maximum absolute atomic E-state index is 12.0. The van der Waals surface area contributed by atoms with Gasteiger partial charge in [-0.25, -0.2) is 0 Å². The summed E-state index contributed by atoms with van der Waals surface area (Å²) in [5.74, 6) is -0.506. The summed E-state index contributed by atoms with van der Waals surface area (Å²) < 4.78 is 5.30. The summed E-state index contributed by atoms with van der Waals surface area (Å²) in [5, 5.41) is 13.3. The van der Waals surface area contributed by atoms with Crippen LogP contribution in [0, 0.1) is 5.92 Å². The van der Waals surface area contributed by atoms with Crippen LogP contribution in [0.5, 0.6) is 0 Å². The van der Waals surface area contributed by atoms with E-state index in [0.29, 0.717) is 13.2 Å². The van der Waals surface area contributed by atoms with Crippen LogP contribution in [0.25, 0.3) is 0 Å². The first kappa shape index (κ1) is 17.7. The minimum absolute atomic E-state index is 0.238. The van der Waals surface area contributed by atoms with Crippen LogP contribution in [-0.2, 0) is 16.1 Å². The maximum atomic E-state index is 12.0. The zero-order valence-corrected chi connectivity index (χ0v) is 13.6. The molecule has 0 aliphatic heterocycles. The molecule has 0 aromatic heterocycles. The van der Waals surface area contributed by atoms with Gasteiger partial charge in [-0.15, -0.1) is 0 Å². The Bertz CT molecular complexity index is 449. The Hall–Kier alpha value is -1.39. The highest BCUT2D eigenvalue weighted by molar-refractivity contribution is 5.72. The largest absolute Gasteiger partial charge is 0.461 e. The van der Waals surface area contributed by atoms with Crippen molar-refractivity contribution in [3.63, 3.8) is 0 Å². The molecule has 1 rings (SSSR count). The number of carbonyl (C=O) groups is 1. The zero-order chi connectivity index (χ0) is 16.1. The lowest BCUT2D eigenvalue weighted by Gasteiger charge is -2.38. The predicted molar refractivity (Wildman–Crippen MR) is 83.8 cm³/mol. The van der Waals surface area contributed by atoms with Crippen LogP contribution in [-0.4, -0.2) is 28.8 Å². The molecule has 0 bridgehead atoms. The van der Waals surface area contributed by atoms with Gasteiger partial charge in [-0.3, -0.25) is 4.79 Å². The quantitative estimate of drug-likeness (QED) is 0.758. The second kappa shape index (κ2) is 7.05. The SMILES string of the molecule is CC(CNC(C)(C)C(C)(C)O)C(=O)OCc1ccccc1. The molecule has 1 aromatic rings. The van der Waals surface area contributed by atoms with E-state index >= 15 is 0 Å². The monoisotopic (exact) mass is 293 g/mol. The number of rotatable bonds is 7. The lowest BCUT2D eigenvalue weighted by atomic mass is 9.85. The minimum Gasteiger partial charge on any atom is -0.461 e. The highest BCUT2D eigenvalue weighted by atomic mass is 16.5. The molecule has 0 saturated carbocycles. The first-order valence-corrected chi connectivity index (χ1v) is 7.31. The number of ether oxygens (including phenoxy) is 1. The van der Waals surface area contributed by atoms with Gasteiger partial charge < -0.3 is 15.2 Å². The molecule has 0 heterocycles. The Labute approximate surface area is 127 Å². The fourth-order valence-electron chi connectivity index (χ4n) is 1.58. The summed E-state index contributed by atoms with van der Waals surface area (Å²) >= 11 is 0. The third-order valence-corrected chi connectivity index (χ3v) is 4.01. The van der Waals surface area contributed by atoms with E-state index in [1.165, 1.54) is 0 Å². The number of nitrogens with one attached hydrogen (secondary N) is 1. The minimum atomic E-state index is -0.874. The molecule has 0 spiro atoms. The number of aliphatic hydroxyl groups is 1. The summed E-state index contributed by atoms with van der Waals surface area (Å²) in [6.07, 6.45) is 0. The van der Waals surface area contributed by atoms with Crippen LogP contribution in [0.2, 0.25) is 0 Å². The molecule has 4 heteroatoms. The summed E-state index contributed by atoms with van der Waals surface area (Å²) in [4.78, 5) is 12.0. The first-order valence-electron chi connectivity index (χ1n) is 7.31. The Morgan fingerprint density at radius 3 is 2.33 bits per heavy atom. The lowest BCUT2D eigenvalue weighted by Crippen LogP contribution is -2.57. The van der Waals surface area contributed by atoms with Crippen molar-refractivity contribution >= 4 is 5.97 Å². The molecular formula is C17H27NO3. The summed E-state index contributed by atoms with van der Waals surface area (Å²) in [6.45, 7) is 9.89. The summed E-state index contributed by atoms with van der Waals surface area (Å²) in [6, 6.07) is 9.61. The number of benzene rings is 1. The zero-order valence-electron chi connectivity index (χ0n) is 13.6. The van der Waals surface area contributed by atoms with Crippen LogP contribution < -0.4 is 5.32 Å². The van der Waals surface area contributed by atoms with Gasteiger partial charge in [0.25, 0.3) is 0 Å². The molecule has 0 aliphatic carbocycles. The molecule has 4 nitrogen and oxygen atoms in total. The molecule has 0 saturated heterocycles. The van der Waals surface area contributed by atoms with E-state index in [1.54, 1.807) is 13.8 Å². The highest BCUT2D eigenvalue weighted by Crippen LogP contribution is 2.20. The number of hydrogen-bond acceptors (Lipinski definition) is 4. The smallest absolute Gasteiger partial charge is 0.310 e. The topological polar surface area (TPSA) is 58.6 Å². The second-order valence-electron chi connectivity index (χ2n) is 6.56. The van der Waals surface area contributed by atoms with Crippen molar-refractivity contribution in [3.05, 3.63) is 35.9 Å². The van der Waals surface area contributed by atoms with Crippen LogP contribution >= 0.6 is 0 Å². The molecule has 21 heavy (non-hydrogen) atoms. The lowest BCUT2D eigenvalue weighted by molar-refractivity contribution is -0.149. The van der Waals surface area contributed by atoms with Crippen molar-refractivity contribution in [3.8, 4) is 0 Å². The van der Waals surface area contributed by atoms with E-state index in [2.05, 4.69) is 5.32 Å². The predicted octanol–water partition coefficient (Wildman–Crippen LogP) is 2.51. The molecule has 1 aromatic carbocycles. The van der Waals surface area contributed by atoms with Gasteiger partial charge in [0.2, 0.25) is 0 Å². The van der Waals surface area contributed by atoms with Gasteiger partial charge in [0.1, 0.15) is 6.61 Å². The van der Waals surface area contributed by atoms with E-state index in [1.807, 2.05) is 51.1 Å². The Balaban J connectivity index is 2.42. The van der Waals surface area contributed by atoms with Gasteiger partial charge in [0, 0.05) is 12.1 Å². The second-order valence-corrected chi connectivity index (χ2v) is 6.56.